The number of aliphatic imine (C=N–C) groups is 1. The topological polar surface area (TPSA) is 40.1 Å². The van der Waals surface area contributed by atoms with Crippen LogP contribution in [0.25, 0.3) is 0 Å². The number of hydrogen-bond donors (Lipinski definition) is 1. The Labute approximate surface area is 146 Å². The van der Waals surface area contributed by atoms with E-state index in [1.54, 1.807) is 0 Å². The minimum absolute atomic E-state index is 0.790. The zero-order valence-electron chi connectivity index (χ0n) is 15.6. The van der Waals surface area contributed by atoms with E-state index in [9.17, 15) is 0 Å². The van der Waals surface area contributed by atoms with Gasteiger partial charge >= 0.3 is 0 Å². The maximum absolute atomic E-state index is 5.43. The molecule has 2 rings (SSSR count). The predicted molar refractivity (Wildman–Crippen MR) is 102 cm³/mol. The van der Waals surface area contributed by atoms with Gasteiger partial charge in [0.2, 0.25) is 0 Å². The molecule has 1 aromatic carbocycles. The van der Waals surface area contributed by atoms with Gasteiger partial charge in [-0.05, 0) is 42.9 Å². The van der Waals surface area contributed by atoms with Crippen LogP contribution in [0.5, 0.6) is 0 Å². The Morgan fingerprint density at radius 2 is 1.83 bits per heavy atom. The van der Waals surface area contributed by atoms with Crippen molar-refractivity contribution in [2.45, 2.75) is 25.8 Å². The van der Waals surface area contributed by atoms with Gasteiger partial charge in [-0.1, -0.05) is 12.1 Å². The minimum Gasteiger partial charge on any atom is -0.381 e. The summed E-state index contributed by atoms with van der Waals surface area (Å²) in [6.45, 7) is 3.67. The first-order valence-corrected chi connectivity index (χ1v) is 8.86. The molecule has 5 heteroatoms. The zero-order chi connectivity index (χ0) is 17.4. The molecular weight excluding hydrogens is 300 g/mol. The summed E-state index contributed by atoms with van der Waals surface area (Å²) in [5.41, 5.74) is 2.48. The maximum atomic E-state index is 5.43. The van der Waals surface area contributed by atoms with Gasteiger partial charge in [-0.15, -0.1) is 0 Å². The Morgan fingerprint density at radius 3 is 2.42 bits per heavy atom. The first-order chi connectivity index (χ1) is 11.6. The molecule has 1 aromatic rings. The summed E-state index contributed by atoms with van der Waals surface area (Å²) in [5, 5.41) is 3.46. The van der Waals surface area contributed by atoms with Gasteiger partial charge in [0.1, 0.15) is 0 Å². The summed E-state index contributed by atoms with van der Waals surface area (Å²) in [6, 6.07) is 8.62. The zero-order valence-corrected chi connectivity index (χ0v) is 15.6. The third-order valence-electron chi connectivity index (χ3n) is 4.69. The molecule has 5 nitrogen and oxygen atoms in total. The van der Waals surface area contributed by atoms with Gasteiger partial charge in [0.05, 0.1) is 0 Å². The summed E-state index contributed by atoms with van der Waals surface area (Å²) in [5.74, 6) is 1.75. The molecule has 0 saturated carbocycles. The molecule has 0 spiro atoms. The van der Waals surface area contributed by atoms with Gasteiger partial charge < -0.3 is 19.9 Å². The van der Waals surface area contributed by atoms with Crippen molar-refractivity contribution >= 4 is 11.6 Å². The van der Waals surface area contributed by atoms with Crippen LogP contribution in [0.15, 0.2) is 29.3 Å². The van der Waals surface area contributed by atoms with E-state index in [-0.39, 0.29) is 0 Å². The minimum atomic E-state index is 0.790. The number of nitrogens with one attached hydrogen (secondary N) is 1. The van der Waals surface area contributed by atoms with Crippen LogP contribution in [0.3, 0.4) is 0 Å². The third-order valence-corrected chi connectivity index (χ3v) is 4.69. The van der Waals surface area contributed by atoms with E-state index < -0.39 is 0 Å². The van der Waals surface area contributed by atoms with Gasteiger partial charge in [-0.2, -0.15) is 0 Å². The van der Waals surface area contributed by atoms with Crippen LogP contribution < -0.4 is 10.2 Å². The standard InChI is InChI=1S/C19H32N4O/c1-20-19(23(4)12-9-16-10-13-24-14-11-16)21-15-17-5-7-18(8-6-17)22(2)3/h5-8,16H,9-15H2,1-4H3,(H,20,21). The van der Waals surface area contributed by atoms with Crippen molar-refractivity contribution < 1.29 is 4.74 Å². The van der Waals surface area contributed by atoms with E-state index in [2.05, 4.69) is 65.5 Å². The van der Waals surface area contributed by atoms with E-state index in [4.69, 9.17) is 4.74 Å². The lowest BCUT2D eigenvalue weighted by molar-refractivity contribution is 0.0625. The number of benzene rings is 1. The van der Waals surface area contributed by atoms with Gasteiger partial charge in [0, 0.05) is 60.2 Å². The van der Waals surface area contributed by atoms with Gasteiger partial charge in [0.25, 0.3) is 0 Å². The fourth-order valence-electron chi connectivity index (χ4n) is 2.99. The number of anilines is 1. The molecule has 1 heterocycles. The Hall–Kier alpha value is -1.75. The largest absolute Gasteiger partial charge is 0.381 e. The molecule has 1 aliphatic heterocycles. The summed E-state index contributed by atoms with van der Waals surface area (Å²) < 4.78 is 5.43. The average molecular weight is 332 g/mol. The van der Waals surface area contributed by atoms with Crippen LogP contribution in [0.4, 0.5) is 5.69 Å². The van der Waals surface area contributed by atoms with Gasteiger partial charge in [-0.25, -0.2) is 0 Å². The van der Waals surface area contributed by atoms with E-state index in [0.717, 1.165) is 38.2 Å². The molecule has 0 aliphatic carbocycles. The lowest BCUT2D eigenvalue weighted by atomic mass is 9.96. The Kier molecular flexibility index (Phi) is 7.37. The Morgan fingerprint density at radius 1 is 1.17 bits per heavy atom. The highest BCUT2D eigenvalue weighted by Gasteiger charge is 2.15. The summed E-state index contributed by atoms with van der Waals surface area (Å²) >= 11 is 0. The summed E-state index contributed by atoms with van der Waals surface area (Å²) in [7, 11) is 8.08. The van der Waals surface area contributed by atoms with Crippen LogP contribution in [-0.2, 0) is 11.3 Å². The number of guanidine groups is 1. The monoisotopic (exact) mass is 332 g/mol. The highest BCUT2D eigenvalue weighted by molar-refractivity contribution is 5.79. The number of hydrogen-bond acceptors (Lipinski definition) is 3. The molecule has 1 aliphatic rings. The molecule has 0 amide bonds. The van der Waals surface area contributed by atoms with Crippen molar-refractivity contribution in [3.8, 4) is 0 Å². The van der Waals surface area contributed by atoms with E-state index in [0.29, 0.717) is 0 Å². The first-order valence-electron chi connectivity index (χ1n) is 8.86. The molecule has 134 valence electrons. The number of rotatable bonds is 6. The molecule has 0 unspecified atom stereocenters. The van der Waals surface area contributed by atoms with Crippen molar-refractivity contribution in [1.29, 1.82) is 0 Å². The average Bonchev–Trinajstić information content (AvgIpc) is 2.61. The van der Waals surface area contributed by atoms with Crippen LogP contribution in [-0.4, -0.2) is 58.8 Å². The molecule has 0 bridgehead atoms. The first kappa shape index (κ1) is 18.6. The summed E-state index contributed by atoms with van der Waals surface area (Å²) in [4.78, 5) is 8.75. The molecular formula is C19H32N4O. The lowest BCUT2D eigenvalue weighted by Gasteiger charge is -2.27. The van der Waals surface area contributed by atoms with E-state index in [1.165, 1.54) is 30.5 Å². The fraction of sp³-hybridized carbons (Fsp3) is 0.632. The van der Waals surface area contributed by atoms with Gasteiger partial charge in [0.15, 0.2) is 5.96 Å². The molecule has 0 radical (unpaired) electrons. The second-order valence-electron chi connectivity index (χ2n) is 6.73. The molecule has 1 N–H and O–H groups in total. The Balaban J connectivity index is 1.78. The normalized spacial score (nSPS) is 16.1. The number of nitrogens with zero attached hydrogens (tertiary/aromatic N) is 3. The highest BCUT2D eigenvalue weighted by atomic mass is 16.5. The van der Waals surface area contributed by atoms with E-state index >= 15 is 0 Å². The molecule has 0 aromatic heterocycles. The quantitative estimate of drug-likeness (QED) is 0.642. The van der Waals surface area contributed by atoms with Crippen molar-refractivity contribution in [2.24, 2.45) is 10.9 Å². The smallest absolute Gasteiger partial charge is 0.193 e. The van der Waals surface area contributed by atoms with Crippen molar-refractivity contribution in [3.63, 3.8) is 0 Å². The Bertz CT molecular complexity index is 507. The van der Waals surface area contributed by atoms with E-state index in [1.807, 2.05) is 7.05 Å². The van der Waals surface area contributed by atoms with Crippen LogP contribution >= 0.6 is 0 Å². The van der Waals surface area contributed by atoms with Gasteiger partial charge in [-0.3, -0.25) is 4.99 Å². The number of ether oxygens (including phenoxy) is 1. The van der Waals surface area contributed by atoms with Crippen molar-refractivity contribution in [3.05, 3.63) is 29.8 Å². The molecule has 0 atom stereocenters. The van der Waals surface area contributed by atoms with Crippen LogP contribution in [0, 0.1) is 5.92 Å². The van der Waals surface area contributed by atoms with Crippen LogP contribution in [0.1, 0.15) is 24.8 Å². The molecule has 1 saturated heterocycles. The second kappa shape index (κ2) is 9.52. The van der Waals surface area contributed by atoms with Crippen molar-refractivity contribution in [2.75, 3.05) is 52.8 Å². The maximum Gasteiger partial charge on any atom is 0.193 e. The molecule has 1 fully saturated rings. The third kappa shape index (κ3) is 5.71. The predicted octanol–water partition coefficient (Wildman–Crippen LogP) is 2.58. The SMILES string of the molecule is CN=C(NCc1ccc(N(C)C)cc1)N(C)CCC1CCOCC1. The molecule has 24 heavy (non-hydrogen) atoms. The summed E-state index contributed by atoms with van der Waals surface area (Å²) in [6.07, 6.45) is 3.59. The fourth-order valence-corrected chi connectivity index (χ4v) is 2.99. The highest BCUT2D eigenvalue weighted by Crippen LogP contribution is 2.18. The lowest BCUT2D eigenvalue weighted by Crippen LogP contribution is -2.39. The second-order valence-corrected chi connectivity index (χ2v) is 6.73. The van der Waals surface area contributed by atoms with Crippen LogP contribution in [0.2, 0.25) is 0 Å². The van der Waals surface area contributed by atoms with Crippen molar-refractivity contribution in [1.82, 2.24) is 10.2 Å².